The molecular weight excluding hydrogens is 290 g/mol. The Morgan fingerprint density at radius 1 is 1.39 bits per heavy atom. The number of aliphatic imine (C=N–C) groups is 1. The van der Waals surface area contributed by atoms with Crippen LogP contribution in [0.15, 0.2) is 11.1 Å². The number of hydrogen-bond donors (Lipinski definition) is 1. The Hall–Kier alpha value is -2.13. The molecule has 0 aliphatic carbocycles. The maximum atomic E-state index is 9.14. The van der Waals surface area contributed by atoms with Gasteiger partial charge in [0.2, 0.25) is 0 Å². The summed E-state index contributed by atoms with van der Waals surface area (Å²) in [5.74, 6) is 1.30. The number of aromatic nitrogens is 1. The lowest BCUT2D eigenvalue weighted by Crippen LogP contribution is -2.61. The Labute approximate surface area is 136 Å². The number of nitrogens with zero attached hydrogens (tertiary/aromatic N) is 4. The number of nitriles is 1. The first kappa shape index (κ1) is 14.5. The van der Waals surface area contributed by atoms with Gasteiger partial charge in [0.25, 0.3) is 6.02 Å². The lowest BCUT2D eigenvalue weighted by Gasteiger charge is -2.50. The third-order valence-corrected chi connectivity index (χ3v) is 5.36. The molecule has 0 radical (unpaired) electrons. The summed E-state index contributed by atoms with van der Waals surface area (Å²) >= 11 is 0. The minimum Gasteiger partial charge on any atom is -0.455 e. The van der Waals surface area contributed by atoms with E-state index < -0.39 is 0 Å². The van der Waals surface area contributed by atoms with E-state index >= 15 is 0 Å². The number of pyridine rings is 1. The third kappa shape index (κ3) is 2.36. The van der Waals surface area contributed by atoms with Gasteiger partial charge in [-0.1, -0.05) is 0 Å². The van der Waals surface area contributed by atoms with Gasteiger partial charge in [-0.3, -0.25) is 10.2 Å². The molecule has 1 N–H and O–H groups in total. The molecule has 1 aromatic heterocycles. The number of rotatable bonds is 1. The van der Waals surface area contributed by atoms with E-state index in [9.17, 15) is 0 Å². The largest absolute Gasteiger partial charge is 0.455 e. The molecule has 6 heteroatoms. The molecular formula is C17H21N5O. The normalized spacial score (nSPS) is 31.6. The fourth-order valence-corrected chi connectivity index (χ4v) is 4.12. The standard InChI is InChI=1S/C17H21N5O/c1-11-7-15(20-12(2)14(11)8-18)21-16-19-9-17(23-16)10-22-5-3-13(17)4-6-22/h7,13H,3-6,9-10H2,1-2H3,(H,19,20,21). The van der Waals surface area contributed by atoms with E-state index in [1.165, 1.54) is 25.9 Å². The molecule has 0 amide bonds. The Morgan fingerprint density at radius 3 is 2.78 bits per heavy atom. The molecule has 6 nitrogen and oxygen atoms in total. The third-order valence-electron chi connectivity index (χ3n) is 5.36. The van der Waals surface area contributed by atoms with Crippen molar-refractivity contribution in [2.24, 2.45) is 10.9 Å². The monoisotopic (exact) mass is 311 g/mol. The first-order chi connectivity index (χ1) is 11.1. The van der Waals surface area contributed by atoms with Crippen LogP contribution >= 0.6 is 0 Å². The van der Waals surface area contributed by atoms with E-state index in [0.717, 1.165) is 24.3 Å². The maximum absolute atomic E-state index is 9.14. The highest BCUT2D eigenvalue weighted by Crippen LogP contribution is 2.40. The molecule has 1 spiro atoms. The molecule has 4 aliphatic rings. The Morgan fingerprint density at radius 2 is 2.17 bits per heavy atom. The smallest absolute Gasteiger partial charge is 0.291 e. The van der Waals surface area contributed by atoms with Gasteiger partial charge < -0.3 is 4.74 Å². The average Bonchev–Trinajstić information content (AvgIpc) is 2.90. The Kier molecular flexibility index (Phi) is 3.27. The molecule has 1 unspecified atom stereocenters. The number of aryl methyl sites for hydroxylation is 2. The van der Waals surface area contributed by atoms with Crippen LogP contribution in [0.2, 0.25) is 0 Å². The molecule has 1 aromatic rings. The summed E-state index contributed by atoms with van der Waals surface area (Å²) in [6.45, 7) is 7.85. The number of piperidine rings is 3. The first-order valence-corrected chi connectivity index (χ1v) is 8.21. The molecule has 5 rings (SSSR count). The fraction of sp³-hybridized carbons (Fsp3) is 0.588. The predicted octanol–water partition coefficient (Wildman–Crippen LogP) is 1.83. The molecule has 1 atom stereocenters. The second-order valence-electron chi connectivity index (χ2n) is 6.86. The van der Waals surface area contributed by atoms with Crippen molar-refractivity contribution in [1.29, 1.82) is 5.26 Å². The highest BCUT2D eigenvalue weighted by molar-refractivity contribution is 5.89. The highest BCUT2D eigenvalue weighted by Gasteiger charge is 2.51. The molecule has 5 heterocycles. The second kappa shape index (κ2) is 5.20. The van der Waals surface area contributed by atoms with Crippen LogP contribution in [0.4, 0.5) is 5.82 Å². The summed E-state index contributed by atoms with van der Waals surface area (Å²) in [4.78, 5) is 11.5. The van der Waals surface area contributed by atoms with Crippen molar-refractivity contribution < 1.29 is 4.74 Å². The molecule has 3 saturated heterocycles. The molecule has 0 saturated carbocycles. The van der Waals surface area contributed by atoms with Gasteiger partial charge in [-0.15, -0.1) is 0 Å². The molecule has 3 fully saturated rings. The Balaban J connectivity index is 1.50. The van der Waals surface area contributed by atoms with Crippen molar-refractivity contribution >= 4 is 11.8 Å². The topological polar surface area (TPSA) is 73.5 Å². The van der Waals surface area contributed by atoms with Crippen LogP contribution in [-0.4, -0.2) is 47.7 Å². The van der Waals surface area contributed by atoms with Gasteiger partial charge in [0.05, 0.1) is 17.8 Å². The van der Waals surface area contributed by atoms with E-state index in [4.69, 9.17) is 10.00 Å². The van der Waals surface area contributed by atoms with Crippen LogP contribution in [0.25, 0.3) is 0 Å². The minimum absolute atomic E-state index is 0.143. The average molecular weight is 311 g/mol. The van der Waals surface area contributed by atoms with Crippen LogP contribution in [-0.2, 0) is 4.74 Å². The van der Waals surface area contributed by atoms with E-state index in [0.29, 0.717) is 23.3 Å². The summed E-state index contributed by atoms with van der Waals surface area (Å²) in [6, 6.07) is 4.63. The zero-order valence-electron chi connectivity index (χ0n) is 13.6. The number of nitrogens with one attached hydrogen (secondary N) is 1. The van der Waals surface area contributed by atoms with Gasteiger partial charge >= 0.3 is 0 Å². The van der Waals surface area contributed by atoms with Gasteiger partial charge in [0.1, 0.15) is 17.5 Å². The van der Waals surface area contributed by atoms with E-state index in [2.05, 4.69) is 26.3 Å². The van der Waals surface area contributed by atoms with E-state index in [1.54, 1.807) is 0 Å². The van der Waals surface area contributed by atoms with Gasteiger partial charge in [-0.05, 0) is 51.4 Å². The first-order valence-electron chi connectivity index (χ1n) is 8.21. The fourth-order valence-electron chi connectivity index (χ4n) is 4.12. The van der Waals surface area contributed by atoms with Crippen molar-refractivity contribution in [2.45, 2.75) is 32.3 Å². The van der Waals surface area contributed by atoms with Crippen molar-refractivity contribution in [3.8, 4) is 6.07 Å². The zero-order valence-corrected chi connectivity index (χ0v) is 13.6. The number of amidine groups is 1. The van der Waals surface area contributed by atoms with Crippen LogP contribution in [0.5, 0.6) is 0 Å². The molecule has 4 aliphatic heterocycles. The quantitative estimate of drug-likeness (QED) is 0.856. The van der Waals surface area contributed by atoms with E-state index in [-0.39, 0.29) is 5.60 Å². The summed E-state index contributed by atoms with van der Waals surface area (Å²) in [7, 11) is 0. The summed E-state index contributed by atoms with van der Waals surface area (Å²) in [5.41, 5.74) is 2.14. The number of anilines is 1. The van der Waals surface area contributed by atoms with Crippen molar-refractivity contribution in [3.05, 3.63) is 22.9 Å². The SMILES string of the molecule is Cc1cc(NC2=NCC3(CN4CCC3CC4)O2)nc(C)c1C#N. The Bertz CT molecular complexity index is 691. The van der Waals surface area contributed by atoms with Crippen LogP contribution in [0.1, 0.15) is 29.7 Å². The lowest BCUT2D eigenvalue weighted by molar-refractivity contribution is -0.0829. The summed E-state index contributed by atoms with van der Waals surface area (Å²) in [6.07, 6.45) is 2.41. The molecule has 2 bridgehead atoms. The predicted molar refractivity (Wildman–Crippen MR) is 87.3 cm³/mol. The second-order valence-corrected chi connectivity index (χ2v) is 6.86. The number of fused-ring (bicyclic) bond motifs is 2. The lowest BCUT2D eigenvalue weighted by atomic mass is 9.75. The van der Waals surface area contributed by atoms with Crippen molar-refractivity contribution in [2.75, 3.05) is 31.5 Å². The molecule has 0 aromatic carbocycles. The summed E-state index contributed by atoms with van der Waals surface area (Å²) < 4.78 is 6.26. The number of ether oxygens (including phenoxy) is 1. The zero-order chi connectivity index (χ0) is 16.0. The summed E-state index contributed by atoms with van der Waals surface area (Å²) in [5, 5.41) is 12.3. The van der Waals surface area contributed by atoms with Crippen molar-refractivity contribution in [3.63, 3.8) is 0 Å². The minimum atomic E-state index is -0.143. The van der Waals surface area contributed by atoms with Crippen LogP contribution < -0.4 is 5.32 Å². The molecule has 120 valence electrons. The maximum Gasteiger partial charge on any atom is 0.291 e. The van der Waals surface area contributed by atoms with Gasteiger partial charge in [0.15, 0.2) is 0 Å². The number of hydrogen-bond acceptors (Lipinski definition) is 6. The highest BCUT2D eigenvalue weighted by atomic mass is 16.5. The van der Waals surface area contributed by atoms with Crippen LogP contribution in [0.3, 0.4) is 0 Å². The van der Waals surface area contributed by atoms with Crippen molar-refractivity contribution in [1.82, 2.24) is 9.88 Å². The van der Waals surface area contributed by atoms with Gasteiger partial charge in [-0.2, -0.15) is 5.26 Å². The van der Waals surface area contributed by atoms with Gasteiger partial charge in [0, 0.05) is 12.5 Å². The van der Waals surface area contributed by atoms with Gasteiger partial charge in [-0.25, -0.2) is 9.98 Å². The van der Waals surface area contributed by atoms with E-state index in [1.807, 2.05) is 19.9 Å². The molecule has 23 heavy (non-hydrogen) atoms. The van der Waals surface area contributed by atoms with Crippen LogP contribution in [0, 0.1) is 31.1 Å².